The monoisotopic (exact) mass is 167 g/mol. The molecule has 0 fully saturated rings. The van der Waals surface area contributed by atoms with E-state index in [1.807, 2.05) is 20.2 Å². The van der Waals surface area contributed by atoms with E-state index < -0.39 is 0 Å². The van der Waals surface area contributed by atoms with Crippen molar-refractivity contribution in [3.8, 4) is 5.88 Å². The summed E-state index contributed by atoms with van der Waals surface area (Å²) >= 11 is 0. The van der Waals surface area contributed by atoms with Gasteiger partial charge in [0.25, 0.3) is 0 Å². The zero-order valence-electron chi connectivity index (χ0n) is 7.51. The topological polar surface area (TPSA) is 46.2 Å². The van der Waals surface area contributed by atoms with E-state index in [0.717, 1.165) is 11.4 Å². The van der Waals surface area contributed by atoms with Crippen LogP contribution in [0.3, 0.4) is 0 Å². The second-order valence-corrected chi connectivity index (χ2v) is 2.24. The third-order valence-corrected chi connectivity index (χ3v) is 1.63. The number of hydrogen-bond donors (Lipinski definition) is 2. The summed E-state index contributed by atoms with van der Waals surface area (Å²) in [5.41, 5.74) is 1.85. The predicted molar refractivity (Wildman–Crippen MR) is 49.9 cm³/mol. The second kappa shape index (κ2) is 3.80. The molecule has 0 saturated carbocycles. The molecule has 2 N–H and O–H groups in total. The molecule has 0 aliphatic heterocycles. The number of aromatic nitrogens is 1. The van der Waals surface area contributed by atoms with Gasteiger partial charge in [0.15, 0.2) is 0 Å². The average Bonchev–Trinajstić information content (AvgIpc) is 2.16. The molecular weight excluding hydrogens is 154 g/mol. The summed E-state index contributed by atoms with van der Waals surface area (Å²) < 4.78 is 5.07. The van der Waals surface area contributed by atoms with E-state index in [1.54, 1.807) is 13.3 Å². The number of rotatable bonds is 3. The minimum atomic E-state index is 0.601. The normalized spacial score (nSPS) is 9.25. The van der Waals surface area contributed by atoms with Gasteiger partial charge >= 0.3 is 0 Å². The second-order valence-electron chi connectivity index (χ2n) is 2.24. The van der Waals surface area contributed by atoms with Crippen molar-refractivity contribution >= 4 is 11.4 Å². The van der Waals surface area contributed by atoms with Gasteiger partial charge in [-0.2, -0.15) is 0 Å². The van der Waals surface area contributed by atoms with E-state index in [4.69, 9.17) is 4.74 Å². The number of hydrogen-bond acceptors (Lipinski definition) is 4. The fourth-order valence-corrected chi connectivity index (χ4v) is 1.05. The highest BCUT2D eigenvalue weighted by molar-refractivity contribution is 5.72. The highest BCUT2D eigenvalue weighted by Crippen LogP contribution is 2.28. The lowest BCUT2D eigenvalue weighted by atomic mass is 10.3. The maximum absolute atomic E-state index is 5.07. The molecule has 0 bridgehead atoms. The van der Waals surface area contributed by atoms with Gasteiger partial charge in [-0.25, -0.2) is 4.98 Å². The summed E-state index contributed by atoms with van der Waals surface area (Å²) in [6.07, 6.45) is 1.70. The van der Waals surface area contributed by atoms with Gasteiger partial charge in [0, 0.05) is 20.3 Å². The molecule has 0 radical (unpaired) electrons. The van der Waals surface area contributed by atoms with Crippen molar-refractivity contribution in [1.29, 1.82) is 0 Å². The van der Waals surface area contributed by atoms with Crippen molar-refractivity contribution in [1.82, 2.24) is 4.98 Å². The Morgan fingerprint density at radius 1 is 1.33 bits per heavy atom. The number of ether oxygens (including phenoxy) is 1. The average molecular weight is 167 g/mol. The fourth-order valence-electron chi connectivity index (χ4n) is 1.05. The highest BCUT2D eigenvalue weighted by atomic mass is 16.5. The minimum Gasteiger partial charge on any atom is -0.479 e. The molecule has 0 unspecified atom stereocenters. The maximum Gasteiger partial charge on any atom is 0.239 e. The standard InChI is InChI=1S/C8H13N3O/c1-9-6-4-5-11-8(12-3)7(6)10-2/h4-5,10H,1-3H3,(H,9,11). The van der Waals surface area contributed by atoms with E-state index in [9.17, 15) is 0 Å². The molecule has 4 nitrogen and oxygen atoms in total. The van der Waals surface area contributed by atoms with Gasteiger partial charge in [-0.05, 0) is 6.07 Å². The number of anilines is 2. The molecule has 1 aromatic heterocycles. The summed E-state index contributed by atoms with van der Waals surface area (Å²) in [4.78, 5) is 4.05. The third kappa shape index (κ3) is 1.42. The maximum atomic E-state index is 5.07. The van der Waals surface area contributed by atoms with Crippen molar-refractivity contribution in [3.05, 3.63) is 12.3 Å². The molecule has 1 rings (SSSR count). The minimum absolute atomic E-state index is 0.601. The van der Waals surface area contributed by atoms with Crippen LogP contribution in [0.4, 0.5) is 11.4 Å². The summed E-state index contributed by atoms with van der Waals surface area (Å²) in [5.74, 6) is 0.601. The molecule has 0 aliphatic rings. The Bertz CT molecular complexity index is 240. The SMILES string of the molecule is CNc1ccnc(OC)c1NC. The lowest BCUT2D eigenvalue weighted by Crippen LogP contribution is -2.00. The molecule has 1 aromatic rings. The number of nitrogens with one attached hydrogen (secondary N) is 2. The van der Waals surface area contributed by atoms with Gasteiger partial charge in [-0.3, -0.25) is 0 Å². The predicted octanol–water partition coefficient (Wildman–Crippen LogP) is 1.17. The van der Waals surface area contributed by atoms with Crippen molar-refractivity contribution in [2.45, 2.75) is 0 Å². The van der Waals surface area contributed by atoms with Gasteiger partial charge in [0.2, 0.25) is 5.88 Å². The fraction of sp³-hybridized carbons (Fsp3) is 0.375. The molecule has 0 spiro atoms. The van der Waals surface area contributed by atoms with E-state index in [0.29, 0.717) is 5.88 Å². The molecule has 0 saturated heterocycles. The lowest BCUT2D eigenvalue weighted by molar-refractivity contribution is 0.400. The lowest BCUT2D eigenvalue weighted by Gasteiger charge is -2.10. The Hall–Kier alpha value is -1.45. The molecule has 12 heavy (non-hydrogen) atoms. The number of nitrogens with zero attached hydrogens (tertiary/aromatic N) is 1. The van der Waals surface area contributed by atoms with E-state index in [1.165, 1.54) is 0 Å². The van der Waals surface area contributed by atoms with Crippen molar-refractivity contribution in [2.24, 2.45) is 0 Å². The van der Waals surface area contributed by atoms with Crippen LogP contribution in [0.5, 0.6) is 5.88 Å². The summed E-state index contributed by atoms with van der Waals surface area (Å²) in [5, 5.41) is 6.05. The molecule has 66 valence electrons. The first-order chi connectivity index (χ1) is 5.83. The van der Waals surface area contributed by atoms with E-state index in [2.05, 4.69) is 15.6 Å². The zero-order chi connectivity index (χ0) is 8.97. The van der Waals surface area contributed by atoms with Crippen LogP contribution in [-0.2, 0) is 0 Å². The Kier molecular flexibility index (Phi) is 2.74. The van der Waals surface area contributed by atoms with Crippen LogP contribution in [0.2, 0.25) is 0 Å². The van der Waals surface area contributed by atoms with E-state index in [-0.39, 0.29) is 0 Å². The van der Waals surface area contributed by atoms with Crippen LogP contribution < -0.4 is 15.4 Å². The molecule has 0 aliphatic carbocycles. The third-order valence-electron chi connectivity index (χ3n) is 1.63. The Morgan fingerprint density at radius 3 is 2.58 bits per heavy atom. The van der Waals surface area contributed by atoms with Gasteiger partial charge in [0.1, 0.15) is 5.69 Å². The Balaban J connectivity index is 3.13. The van der Waals surface area contributed by atoms with Crippen LogP contribution >= 0.6 is 0 Å². The molecular formula is C8H13N3O. The summed E-state index contributed by atoms with van der Waals surface area (Å²) in [6.45, 7) is 0. The van der Waals surface area contributed by atoms with Crippen LogP contribution in [0.25, 0.3) is 0 Å². The van der Waals surface area contributed by atoms with E-state index >= 15 is 0 Å². The zero-order valence-corrected chi connectivity index (χ0v) is 7.51. The Labute approximate surface area is 72.0 Å². The quantitative estimate of drug-likeness (QED) is 0.709. The molecule has 1 heterocycles. The van der Waals surface area contributed by atoms with Crippen LogP contribution in [-0.4, -0.2) is 26.2 Å². The summed E-state index contributed by atoms with van der Waals surface area (Å²) in [6, 6.07) is 1.88. The van der Waals surface area contributed by atoms with Gasteiger partial charge < -0.3 is 15.4 Å². The van der Waals surface area contributed by atoms with Crippen LogP contribution in [0.15, 0.2) is 12.3 Å². The number of pyridine rings is 1. The molecule has 0 aromatic carbocycles. The van der Waals surface area contributed by atoms with Gasteiger partial charge in [0.05, 0.1) is 12.8 Å². The van der Waals surface area contributed by atoms with Crippen molar-refractivity contribution in [3.63, 3.8) is 0 Å². The van der Waals surface area contributed by atoms with Gasteiger partial charge in [-0.1, -0.05) is 0 Å². The first-order valence-electron chi connectivity index (χ1n) is 3.72. The van der Waals surface area contributed by atoms with Crippen LogP contribution in [0, 0.1) is 0 Å². The summed E-state index contributed by atoms with van der Waals surface area (Å²) in [7, 11) is 5.29. The Morgan fingerprint density at radius 2 is 2.08 bits per heavy atom. The largest absolute Gasteiger partial charge is 0.479 e. The molecule has 0 atom stereocenters. The van der Waals surface area contributed by atoms with Crippen molar-refractivity contribution in [2.75, 3.05) is 31.8 Å². The highest BCUT2D eigenvalue weighted by Gasteiger charge is 2.05. The molecule has 0 amide bonds. The van der Waals surface area contributed by atoms with Crippen LogP contribution in [0.1, 0.15) is 0 Å². The first kappa shape index (κ1) is 8.64. The molecule has 4 heteroatoms. The van der Waals surface area contributed by atoms with Gasteiger partial charge in [-0.15, -0.1) is 0 Å². The number of methoxy groups -OCH3 is 1. The smallest absolute Gasteiger partial charge is 0.239 e. The van der Waals surface area contributed by atoms with Crippen molar-refractivity contribution < 1.29 is 4.74 Å². The first-order valence-corrected chi connectivity index (χ1v) is 3.72.